The van der Waals surface area contributed by atoms with Crippen LogP contribution in [0.4, 0.5) is 0 Å². The second-order valence-electron chi connectivity index (χ2n) is 6.39. The predicted molar refractivity (Wildman–Crippen MR) is 89.3 cm³/mol. The molecule has 0 radical (unpaired) electrons. The fourth-order valence-electron chi connectivity index (χ4n) is 3.70. The molecule has 7 heteroatoms. The highest BCUT2D eigenvalue weighted by molar-refractivity contribution is 7.09. The van der Waals surface area contributed by atoms with Crippen LogP contribution in [0.2, 0.25) is 0 Å². The number of fused-ring (bicyclic) bond motifs is 1. The highest BCUT2D eigenvalue weighted by Gasteiger charge is 2.43. The molecule has 2 fully saturated rings. The van der Waals surface area contributed by atoms with Gasteiger partial charge in [0, 0.05) is 37.2 Å². The molecule has 2 aliphatic rings. The predicted octanol–water partition coefficient (Wildman–Crippen LogP) is 1.89. The normalized spacial score (nSPS) is 27.1. The van der Waals surface area contributed by atoms with Gasteiger partial charge in [0.1, 0.15) is 10.8 Å². The summed E-state index contributed by atoms with van der Waals surface area (Å²) >= 11 is 1.65. The Bertz CT molecular complexity index is 659. The zero-order chi connectivity index (χ0) is 16.4. The van der Waals surface area contributed by atoms with E-state index in [-0.39, 0.29) is 17.9 Å². The summed E-state index contributed by atoms with van der Waals surface area (Å²) in [4.78, 5) is 19.4. The van der Waals surface area contributed by atoms with Crippen LogP contribution in [0.5, 0.6) is 0 Å². The van der Waals surface area contributed by atoms with Gasteiger partial charge in [0.2, 0.25) is 5.91 Å². The van der Waals surface area contributed by atoms with Crippen LogP contribution >= 0.6 is 11.3 Å². The molecule has 0 aliphatic carbocycles. The average Bonchev–Trinajstić information content (AvgIpc) is 3.33. The van der Waals surface area contributed by atoms with E-state index in [1.807, 2.05) is 23.7 Å². The van der Waals surface area contributed by atoms with Crippen LogP contribution in [-0.4, -0.2) is 41.6 Å². The standard InChI is InChI=1S/C17H21N3O3S/c21-17(19-8-12-2-1-5-22-12)14-9-20(11-16-18-4-7-24-16)10-15-13(14)3-6-23-15/h1-2,4-5,7,13-15H,3,6,8-11H2,(H,19,21)/t13-,14+,15+/m0/s1. The molecule has 0 aromatic carbocycles. The summed E-state index contributed by atoms with van der Waals surface area (Å²) in [6, 6.07) is 3.70. The molecule has 4 rings (SSSR count). The molecule has 4 heterocycles. The van der Waals surface area contributed by atoms with Gasteiger partial charge >= 0.3 is 0 Å². The molecular formula is C17H21N3O3S. The van der Waals surface area contributed by atoms with Gasteiger partial charge in [-0.2, -0.15) is 0 Å². The molecule has 0 saturated carbocycles. The van der Waals surface area contributed by atoms with Crippen molar-refractivity contribution in [2.24, 2.45) is 11.8 Å². The molecule has 128 valence electrons. The van der Waals surface area contributed by atoms with Crippen LogP contribution in [0.1, 0.15) is 17.2 Å². The molecule has 6 nitrogen and oxygen atoms in total. The van der Waals surface area contributed by atoms with Crippen molar-refractivity contribution in [1.82, 2.24) is 15.2 Å². The van der Waals surface area contributed by atoms with Crippen molar-refractivity contribution < 1.29 is 13.9 Å². The van der Waals surface area contributed by atoms with Crippen molar-refractivity contribution in [2.45, 2.75) is 25.6 Å². The number of aromatic nitrogens is 1. The molecule has 2 saturated heterocycles. The highest BCUT2D eigenvalue weighted by atomic mass is 32.1. The highest BCUT2D eigenvalue weighted by Crippen LogP contribution is 2.34. The SMILES string of the molecule is O=C(NCc1ccco1)[C@@H]1CN(Cc2nccs2)C[C@H]2OCC[C@H]21. The number of carbonyl (C=O) groups is 1. The van der Waals surface area contributed by atoms with Gasteiger partial charge in [0.25, 0.3) is 0 Å². The van der Waals surface area contributed by atoms with Crippen LogP contribution in [0.25, 0.3) is 0 Å². The fourth-order valence-corrected chi connectivity index (χ4v) is 4.36. The van der Waals surface area contributed by atoms with Crippen molar-refractivity contribution in [3.8, 4) is 0 Å². The minimum Gasteiger partial charge on any atom is -0.467 e. The first-order valence-electron chi connectivity index (χ1n) is 8.32. The molecule has 3 atom stereocenters. The quantitative estimate of drug-likeness (QED) is 0.895. The number of thiazole rings is 1. The van der Waals surface area contributed by atoms with Gasteiger partial charge < -0.3 is 14.5 Å². The Morgan fingerprint density at radius 1 is 1.46 bits per heavy atom. The van der Waals surface area contributed by atoms with E-state index in [4.69, 9.17) is 9.15 Å². The van der Waals surface area contributed by atoms with Crippen LogP contribution in [0.15, 0.2) is 34.4 Å². The van der Waals surface area contributed by atoms with Crippen LogP contribution in [-0.2, 0) is 22.6 Å². The molecule has 2 aromatic heterocycles. The Morgan fingerprint density at radius 2 is 2.42 bits per heavy atom. The molecule has 2 aliphatic heterocycles. The van der Waals surface area contributed by atoms with Gasteiger partial charge in [-0.25, -0.2) is 4.98 Å². The maximum atomic E-state index is 12.7. The summed E-state index contributed by atoms with van der Waals surface area (Å²) in [6.07, 6.45) is 4.57. The number of carbonyl (C=O) groups excluding carboxylic acids is 1. The summed E-state index contributed by atoms with van der Waals surface area (Å²) in [7, 11) is 0. The molecule has 0 unspecified atom stereocenters. The summed E-state index contributed by atoms with van der Waals surface area (Å²) < 4.78 is 11.2. The Balaban J connectivity index is 1.41. The zero-order valence-electron chi connectivity index (χ0n) is 13.4. The number of likely N-dealkylation sites (tertiary alicyclic amines) is 1. The lowest BCUT2D eigenvalue weighted by molar-refractivity contribution is -0.131. The van der Waals surface area contributed by atoms with E-state index in [1.54, 1.807) is 17.6 Å². The molecular weight excluding hydrogens is 326 g/mol. The second kappa shape index (κ2) is 7.04. The van der Waals surface area contributed by atoms with E-state index in [0.717, 1.165) is 43.4 Å². The van der Waals surface area contributed by atoms with Crippen molar-refractivity contribution in [1.29, 1.82) is 0 Å². The van der Waals surface area contributed by atoms with E-state index in [2.05, 4.69) is 15.2 Å². The number of hydrogen-bond donors (Lipinski definition) is 1. The summed E-state index contributed by atoms with van der Waals surface area (Å²) in [5.41, 5.74) is 0. The lowest BCUT2D eigenvalue weighted by Gasteiger charge is -2.38. The molecule has 0 spiro atoms. The lowest BCUT2D eigenvalue weighted by atomic mass is 9.82. The van der Waals surface area contributed by atoms with Crippen molar-refractivity contribution >= 4 is 17.2 Å². The third-order valence-corrected chi connectivity index (χ3v) is 5.63. The number of nitrogens with zero attached hydrogens (tertiary/aromatic N) is 2. The van der Waals surface area contributed by atoms with Crippen molar-refractivity contribution in [3.63, 3.8) is 0 Å². The van der Waals surface area contributed by atoms with Crippen molar-refractivity contribution in [3.05, 3.63) is 40.7 Å². The number of furan rings is 1. The second-order valence-corrected chi connectivity index (χ2v) is 7.36. The van der Waals surface area contributed by atoms with Gasteiger partial charge in [-0.3, -0.25) is 9.69 Å². The number of hydrogen-bond acceptors (Lipinski definition) is 6. The topological polar surface area (TPSA) is 67.6 Å². The number of piperidine rings is 1. The lowest BCUT2D eigenvalue weighted by Crippen LogP contribution is -2.52. The first-order chi connectivity index (χ1) is 11.8. The molecule has 1 N–H and O–H groups in total. The monoisotopic (exact) mass is 347 g/mol. The fraction of sp³-hybridized carbons (Fsp3) is 0.529. The van der Waals surface area contributed by atoms with E-state index in [1.165, 1.54) is 0 Å². The molecule has 24 heavy (non-hydrogen) atoms. The third-order valence-electron chi connectivity index (χ3n) is 4.87. The largest absolute Gasteiger partial charge is 0.467 e. The van der Waals surface area contributed by atoms with Gasteiger partial charge in [-0.1, -0.05) is 0 Å². The van der Waals surface area contributed by atoms with E-state index in [9.17, 15) is 4.79 Å². The average molecular weight is 347 g/mol. The van der Waals surface area contributed by atoms with Gasteiger partial charge in [-0.05, 0) is 18.6 Å². The minimum absolute atomic E-state index is 0.0406. The third kappa shape index (κ3) is 3.38. The van der Waals surface area contributed by atoms with E-state index < -0.39 is 0 Å². The van der Waals surface area contributed by atoms with Crippen LogP contribution < -0.4 is 5.32 Å². The van der Waals surface area contributed by atoms with E-state index in [0.29, 0.717) is 12.5 Å². The molecule has 2 aromatic rings. The van der Waals surface area contributed by atoms with E-state index >= 15 is 0 Å². The van der Waals surface area contributed by atoms with Crippen LogP contribution in [0.3, 0.4) is 0 Å². The Kier molecular flexibility index (Phi) is 4.64. The smallest absolute Gasteiger partial charge is 0.225 e. The first-order valence-corrected chi connectivity index (χ1v) is 9.20. The maximum Gasteiger partial charge on any atom is 0.225 e. The van der Waals surface area contributed by atoms with Gasteiger partial charge in [0.15, 0.2) is 0 Å². The summed E-state index contributed by atoms with van der Waals surface area (Å²) in [6.45, 7) is 3.61. The first kappa shape index (κ1) is 15.8. The number of nitrogens with one attached hydrogen (secondary N) is 1. The van der Waals surface area contributed by atoms with Crippen molar-refractivity contribution in [2.75, 3.05) is 19.7 Å². The Labute approximate surface area is 144 Å². The molecule has 1 amide bonds. The number of amides is 1. The Morgan fingerprint density at radius 3 is 3.21 bits per heavy atom. The number of rotatable bonds is 5. The summed E-state index contributed by atoms with van der Waals surface area (Å²) in [5.74, 6) is 1.14. The van der Waals surface area contributed by atoms with Gasteiger partial charge in [0.05, 0.1) is 31.4 Å². The zero-order valence-corrected chi connectivity index (χ0v) is 14.2. The summed E-state index contributed by atoms with van der Waals surface area (Å²) in [5, 5.41) is 6.09. The van der Waals surface area contributed by atoms with Crippen LogP contribution in [0, 0.1) is 11.8 Å². The Hall–Kier alpha value is -1.70. The van der Waals surface area contributed by atoms with Gasteiger partial charge in [-0.15, -0.1) is 11.3 Å². The number of ether oxygens (including phenoxy) is 1. The minimum atomic E-state index is -0.0406. The molecule has 0 bridgehead atoms. The maximum absolute atomic E-state index is 12.7.